The Morgan fingerprint density at radius 3 is 3.00 bits per heavy atom. The van der Waals surface area contributed by atoms with Gasteiger partial charge in [0.2, 0.25) is 11.6 Å². The number of carboxylic acid groups (broad SMARTS) is 1. The minimum atomic E-state index is -1.02. The molecule has 2 aromatic heterocycles. The van der Waals surface area contributed by atoms with Crippen LogP contribution in [0.5, 0.6) is 5.88 Å². The van der Waals surface area contributed by atoms with Gasteiger partial charge in [-0.1, -0.05) is 29.8 Å². The van der Waals surface area contributed by atoms with Crippen LogP contribution in [0, 0.1) is 5.92 Å². The minimum absolute atomic E-state index is 0.163. The van der Waals surface area contributed by atoms with Gasteiger partial charge in [0.15, 0.2) is 6.04 Å². The Balaban J connectivity index is 2.08. The summed E-state index contributed by atoms with van der Waals surface area (Å²) in [7, 11) is 0. The highest BCUT2D eigenvalue weighted by atomic mass is 79.9. The van der Waals surface area contributed by atoms with E-state index in [1.807, 2.05) is 6.92 Å². The van der Waals surface area contributed by atoms with E-state index in [1.165, 1.54) is 0 Å². The Morgan fingerprint density at radius 1 is 1.59 bits per heavy atom. The quantitative estimate of drug-likeness (QED) is 0.695. The number of hydrogen-bond donors (Lipinski definition) is 1. The monoisotopic (exact) mass is 373 g/mol. The standard InChI is InChI=1S/C12H16BrN5O4/c1-3-8(12(19)20)18-15-11(14-17-18)9-4-10(16-22-9)21-6-7(2)5-13/h4,7-8H,3,5-6H2,1-2H3,(H,19,20)/t7-,8?/m1/s1. The summed E-state index contributed by atoms with van der Waals surface area (Å²) in [6.45, 7) is 4.25. The maximum absolute atomic E-state index is 11.1. The smallest absolute Gasteiger partial charge is 0.330 e. The van der Waals surface area contributed by atoms with Crippen LogP contribution in [0.3, 0.4) is 0 Å². The normalized spacial score (nSPS) is 13.8. The van der Waals surface area contributed by atoms with Crippen LogP contribution in [0.15, 0.2) is 10.6 Å². The van der Waals surface area contributed by atoms with Gasteiger partial charge in [0.25, 0.3) is 5.88 Å². The largest absolute Gasteiger partial charge is 0.480 e. The van der Waals surface area contributed by atoms with Crippen molar-refractivity contribution in [1.29, 1.82) is 0 Å². The highest BCUT2D eigenvalue weighted by Gasteiger charge is 2.22. The first-order valence-corrected chi connectivity index (χ1v) is 7.85. The summed E-state index contributed by atoms with van der Waals surface area (Å²) in [5.41, 5.74) is 0. The molecule has 9 nitrogen and oxygen atoms in total. The van der Waals surface area contributed by atoms with Crippen molar-refractivity contribution in [3.63, 3.8) is 0 Å². The molecule has 0 fully saturated rings. The third-order valence-electron chi connectivity index (χ3n) is 2.87. The molecule has 2 heterocycles. The number of aromatic nitrogens is 5. The zero-order valence-electron chi connectivity index (χ0n) is 12.1. The summed E-state index contributed by atoms with van der Waals surface area (Å²) >= 11 is 3.36. The van der Waals surface area contributed by atoms with Crippen LogP contribution in [-0.2, 0) is 4.79 Å². The van der Waals surface area contributed by atoms with Gasteiger partial charge in [-0.05, 0) is 22.7 Å². The zero-order valence-corrected chi connectivity index (χ0v) is 13.7. The van der Waals surface area contributed by atoms with E-state index in [1.54, 1.807) is 13.0 Å². The number of aliphatic carboxylic acids is 1. The van der Waals surface area contributed by atoms with E-state index < -0.39 is 12.0 Å². The molecule has 0 radical (unpaired) electrons. The second-order valence-corrected chi connectivity index (χ2v) is 5.44. The molecule has 0 saturated heterocycles. The van der Waals surface area contributed by atoms with Crippen LogP contribution < -0.4 is 4.74 Å². The number of halogens is 1. The molecular weight excluding hydrogens is 358 g/mol. The first kappa shape index (κ1) is 16.4. The van der Waals surface area contributed by atoms with E-state index in [-0.39, 0.29) is 11.6 Å². The van der Waals surface area contributed by atoms with Gasteiger partial charge in [-0.3, -0.25) is 0 Å². The molecule has 0 aliphatic rings. The van der Waals surface area contributed by atoms with E-state index in [2.05, 4.69) is 36.5 Å². The second kappa shape index (κ2) is 7.34. The van der Waals surface area contributed by atoms with E-state index in [9.17, 15) is 4.79 Å². The number of carbonyl (C=O) groups is 1. The van der Waals surface area contributed by atoms with Crippen LogP contribution in [0.1, 0.15) is 26.3 Å². The molecule has 1 unspecified atom stereocenters. The van der Waals surface area contributed by atoms with Gasteiger partial charge < -0.3 is 14.4 Å². The Labute approximate surface area is 134 Å². The van der Waals surface area contributed by atoms with Gasteiger partial charge in [0, 0.05) is 5.33 Å². The molecule has 2 rings (SSSR count). The third kappa shape index (κ3) is 3.81. The van der Waals surface area contributed by atoms with Crippen LogP contribution in [0.4, 0.5) is 0 Å². The number of nitrogens with zero attached hydrogens (tertiary/aromatic N) is 5. The molecule has 0 saturated carbocycles. The van der Waals surface area contributed by atoms with Crippen molar-refractivity contribution >= 4 is 21.9 Å². The predicted octanol–water partition coefficient (Wildman–Crippen LogP) is 1.77. The van der Waals surface area contributed by atoms with Crippen molar-refractivity contribution in [3.05, 3.63) is 6.07 Å². The number of alkyl halides is 1. The molecule has 10 heteroatoms. The average Bonchev–Trinajstić information content (AvgIpc) is 3.14. The van der Waals surface area contributed by atoms with E-state index in [0.29, 0.717) is 24.8 Å². The van der Waals surface area contributed by atoms with E-state index in [4.69, 9.17) is 14.4 Å². The van der Waals surface area contributed by atoms with Crippen molar-refractivity contribution in [2.75, 3.05) is 11.9 Å². The molecule has 2 atom stereocenters. The Morgan fingerprint density at radius 2 is 2.36 bits per heavy atom. The molecule has 0 spiro atoms. The lowest BCUT2D eigenvalue weighted by molar-refractivity contribution is -0.141. The lowest BCUT2D eigenvalue weighted by Gasteiger charge is -2.06. The third-order valence-corrected chi connectivity index (χ3v) is 3.97. The predicted molar refractivity (Wildman–Crippen MR) is 78.7 cm³/mol. The van der Waals surface area contributed by atoms with Crippen LogP contribution in [0.2, 0.25) is 0 Å². The molecule has 120 valence electrons. The molecule has 0 aromatic carbocycles. The SMILES string of the molecule is CCC(C(=O)O)n1nnc(-c2cc(OC[C@H](C)CBr)no2)n1. The van der Waals surface area contributed by atoms with Crippen molar-refractivity contribution in [1.82, 2.24) is 25.4 Å². The van der Waals surface area contributed by atoms with Crippen molar-refractivity contribution in [2.45, 2.75) is 26.3 Å². The topological polar surface area (TPSA) is 116 Å². The highest BCUT2D eigenvalue weighted by Crippen LogP contribution is 2.21. The number of tetrazole rings is 1. The molecule has 0 aliphatic heterocycles. The lowest BCUT2D eigenvalue weighted by atomic mass is 10.2. The summed E-state index contributed by atoms with van der Waals surface area (Å²) in [4.78, 5) is 12.1. The van der Waals surface area contributed by atoms with Crippen LogP contribution >= 0.6 is 15.9 Å². The maximum atomic E-state index is 11.1. The molecule has 22 heavy (non-hydrogen) atoms. The fourth-order valence-electron chi connectivity index (χ4n) is 1.60. The first-order valence-electron chi connectivity index (χ1n) is 6.73. The van der Waals surface area contributed by atoms with Crippen molar-refractivity contribution in [3.8, 4) is 17.5 Å². The Bertz CT molecular complexity index is 629. The van der Waals surface area contributed by atoms with Gasteiger partial charge in [0.05, 0.1) is 12.7 Å². The number of ether oxygens (including phenoxy) is 1. The molecule has 0 aliphatic carbocycles. The fraction of sp³-hybridized carbons (Fsp3) is 0.583. The summed E-state index contributed by atoms with van der Waals surface area (Å²) in [5.74, 6) is 0.0739. The Hall–Kier alpha value is -1.97. The van der Waals surface area contributed by atoms with E-state index >= 15 is 0 Å². The van der Waals surface area contributed by atoms with Crippen LogP contribution in [0.25, 0.3) is 11.6 Å². The van der Waals surface area contributed by atoms with Gasteiger partial charge in [-0.2, -0.15) is 0 Å². The zero-order chi connectivity index (χ0) is 16.1. The van der Waals surface area contributed by atoms with Gasteiger partial charge in [-0.25, -0.2) is 4.79 Å². The summed E-state index contributed by atoms with van der Waals surface area (Å²) in [6, 6.07) is 0.684. The Kier molecular flexibility index (Phi) is 5.47. The summed E-state index contributed by atoms with van der Waals surface area (Å²) in [6.07, 6.45) is 0.348. The highest BCUT2D eigenvalue weighted by molar-refractivity contribution is 9.09. The second-order valence-electron chi connectivity index (χ2n) is 4.80. The van der Waals surface area contributed by atoms with Gasteiger partial charge >= 0.3 is 5.97 Å². The molecule has 0 bridgehead atoms. The average molecular weight is 374 g/mol. The molecule has 1 N–H and O–H groups in total. The summed E-state index contributed by atoms with van der Waals surface area (Å²) < 4.78 is 10.6. The van der Waals surface area contributed by atoms with Gasteiger partial charge in [-0.15, -0.1) is 15.0 Å². The maximum Gasteiger partial charge on any atom is 0.330 e. The van der Waals surface area contributed by atoms with Crippen molar-refractivity contribution < 1.29 is 19.2 Å². The molecule has 2 aromatic rings. The molecular formula is C12H16BrN5O4. The fourth-order valence-corrected chi connectivity index (χ4v) is 1.78. The number of hydrogen-bond acceptors (Lipinski definition) is 7. The molecule has 0 amide bonds. The number of rotatable bonds is 8. The lowest BCUT2D eigenvalue weighted by Crippen LogP contribution is -2.20. The first-order chi connectivity index (χ1) is 10.5. The van der Waals surface area contributed by atoms with Crippen molar-refractivity contribution in [2.24, 2.45) is 5.92 Å². The van der Waals surface area contributed by atoms with E-state index in [0.717, 1.165) is 10.1 Å². The van der Waals surface area contributed by atoms with Gasteiger partial charge in [0.1, 0.15) is 0 Å². The summed E-state index contributed by atoms with van der Waals surface area (Å²) in [5, 5.41) is 25.2. The number of carboxylic acids is 1. The van der Waals surface area contributed by atoms with Crippen LogP contribution in [-0.4, -0.2) is 48.4 Å². The minimum Gasteiger partial charge on any atom is -0.480 e.